The lowest BCUT2D eigenvalue weighted by Gasteiger charge is -2.19. The van der Waals surface area contributed by atoms with Crippen molar-refractivity contribution < 1.29 is 27.5 Å². The number of ether oxygens (including phenoxy) is 2. The van der Waals surface area contributed by atoms with Crippen LogP contribution in [0.25, 0.3) is 0 Å². The van der Waals surface area contributed by atoms with Crippen molar-refractivity contribution in [3.05, 3.63) is 28.8 Å². The summed E-state index contributed by atoms with van der Waals surface area (Å²) in [6.45, 7) is 6.80. The lowest BCUT2D eigenvalue weighted by Crippen LogP contribution is -2.24. The van der Waals surface area contributed by atoms with Gasteiger partial charge in [-0.25, -0.2) is 13.2 Å². The second kappa shape index (κ2) is 7.31. The monoisotopic (exact) mass is 362 g/mol. The van der Waals surface area contributed by atoms with Gasteiger partial charge in [0, 0.05) is 0 Å². The van der Waals surface area contributed by atoms with E-state index in [1.807, 2.05) is 0 Å². The molecule has 0 aliphatic rings. The second-order valence-corrected chi connectivity index (χ2v) is 8.08. The van der Waals surface area contributed by atoms with Gasteiger partial charge in [0.05, 0.1) is 22.1 Å². The molecule has 23 heavy (non-hydrogen) atoms. The van der Waals surface area contributed by atoms with E-state index in [0.717, 1.165) is 0 Å². The molecule has 0 saturated heterocycles. The number of hydrogen-bond donors (Lipinski definition) is 0. The first-order valence-corrected chi connectivity index (χ1v) is 8.90. The number of carbonyl (C=O) groups is 2. The normalized spacial score (nSPS) is 11.9. The molecule has 128 valence electrons. The zero-order valence-electron chi connectivity index (χ0n) is 13.4. The maximum atomic E-state index is 12.1. The molecular formula is C15H19ClO6S. The summed E-state index contributed by atoms with van der Waals surface area (Å²) in [6.07, 6.45) is 0. The lowest BCUT2D eigenvalue weighted by atomic mass is 10.1. The van der Waals surface area contributed by atoms with Crippen LogP contribution in [0.2, 0.25) is 5.02 Å². The highest BCUT2D eigenvalue weighted by Gasteiger charge is 2.25. The quantitative estimate of drug-likeness (QED) is 0.748. The van der Waals surface area contributed by atoms with Crippen molar-refractivity contribution in [2.75, 3.05) is 12.4 Å². The number of esters is 2. The van der Waals surface area contributed by atoms with Crippen molar-refractivity contribution in [1.82, 2.24) is 0 Å². The van der Waals surface area contributed by atoms with E-state index >= 15 is 0 Å². The Hall–Kier alpha value is -1.60. The molecule has 0 aliphatic carbocycles. The molecule has 0 saturated carbocycles. The van der Waals surface area contributed by atoms with Gasteiger partial charge in [0.15, 0.2) is 15.6 Å². The fraction of sp³-hybridized carbons (Fsp3) is 0.467. The Morgan fingerprint density at radius 1 is 1.22 bits per heavy atom. The Morgan fingerprint density at radius 3 is 2.30 bits per heavy atom. The average Bonchev–Trinajstić information content (AvgIpc) is 2.35. The van der Waals surface area contributed by atoms with Crippen molar-refractivity contribution in [1.29, 1.82) is 0 Å². The van der Waals surface area contributed by atoms with Crippen LogP contribution in [0.1, 0.15) is 38.1 Å². The molecule has 0 unspecified atom stereocenters. The zero-order chi connectivity index (χ0) is 17.8. The van der Waals surface area contributed by atoms with Gasteiger partial charge in [-0.1, -0.05) is 11.6 Å². The van der Waals surface area contributed by atoms with Crippen LogP contribution in [-0.2, 0) is 24.1 Å². The number of halogens is 1. The van der Waals surface area contributed by atoms with E-state index in [1.165, 1.54) is 18.2 Å². The zero-order valence-corrected chi connectivity index (χ0v) is 15.0. The van der Waals surface area contributed by atoms with Crippen molar-refractivity contribution >= 4 is 33.4 Å². The standard InChI is InChI=1S/C15H19ClO6S/c1-5-21-13(17)9-23(19,20)12-7-6-10(8-11(12)16)14(18)22-15(2,3)4/h6-8H,5,9H2,1-4H3. The minimum Gasteiger partial charge on any atom is -0.465 e. The molecule has 0 amide bonds. The molecule has 6 nitrogen and oxygen atoms in total. The second-order valence-electron chi connectivity index (χ2n) is 5.71. The third-order valence-electron chi connectivity index (χ3n) is 2.51. The fourth-order valence-corrected chi connectivity index (χ4v) is 3.37. The molecule has 0 spiro atoms. The molecule has 1 aromatic carbocycles. The van der Waals surface area contributed by atoms with E-state index in [4.69, 9.17) is 16.3 Å². The Balaban J connectivity index is 3.04. The van der Waals surface area contributed by atoms with Gasteiger partial charge < -0.3 is 9.47 Å². The molecule has 0 atom stereocenters. The third kappa shape index (κ3) is 5.84. The first kappa shape index (κ1) is 19.4. The number of hydrogen-bond acceptors (Lipinski definition) is 6. The summed E-state index contributed by atoms with van der Waals surface area (Å²) in [4.78, 5) is 23.1. The summed E-state index contributed by atoms with van der Waals surface area (Å²) in [5, 5.41) is -0.155. The predicted molar refractivity (Wildman–Crippen MR) is 85.3 cm³/mol. The number of rotatable bonds is 5. The van der Waals surface area contributed by atoms with Gasteiger partial charge in [-0.15, -0.1) is 0 Å². The third-order valence-corrected chi connectivity index (χ3v) is 4.58. The first-order valence-electron chi connectivity index (χ1n) is 6.87. The molecule has 0 N–H and O–H groups in total. The van der Waals surface area contributed by atoms with Gasteiger partial charge in [-0.2, -0.15) is 0 Å². The topological polar surface area (TPSA) is 86.7 Å². The maximum Gasteiger partial charge on any atom is 0.338 e. The van der Waals surface area contributed by atoms with Gasteiger partial charge in [0.25, 0.3) is 0 Å². The Morgan fingerprint density at radius 2 is 1.83 bits per heavy atom. The van der Waals surface area contributed by atoms with E-state index in [-0.39, 0.29) is 22.1 Å². The van der Waals surface area contributed by atoms with Crippen LogP contribution in [0.5, 0.6) is 0 Å². The molecule has 0 bridgehead atoms. The van der Waals surface area contributed by atoms with E-state index in [1.54, 1.807) is 27.7 Å². The summed E-state index contributed by atoms with van der Waals surface area (Å²) in [5.74, 6) is -2.29. The summed E-state index contributed by atoms with van der Waals surface area (Å²) in [7, 11) is -3.95. The van der Waals surface area contributed by atoms with E-state index in [0.29, 0.717) is 0 Å². The molecule has 0 aliphatic heterocycles. The SMILES string of the molecule is CCOC(=O)CS(=O)(=O)c1ccc(C(=O)OC(C)(C)C)cc1Cl. The fourth-order valence-electron chi connectivity index (χ4n) is 1.65. The minimum absolute atomic E-state index is 0.0830. The Labute approximate surface area is 140 Å². The summed E-state index contributed by atoms with van der Waals surface area (Å²) < 4.78 is 34.1. The largest absolute Gasteiger partial charge is 0.465 e. The first-order chi connectivity index (χ1) is 10.5. The van der Waals surface area contributed by atoms with Crippen molar-refractivity contribution in [3.8, 4) is 0 Å². The molecule has 0 heterocycles. The predicted octanol–water partition coefficient (Wildman–Crippen LogP) is 2.63. The van der Waals surface area contributed by atoms with Crippen LogP contribution in [-0.4, -0.2) is 38.3 Å². The van der Waals surface area contributed by atoms with Crippen LogP contribution >= 0.6 is 11.6 Å². The number of carbonyl (C=O) groups excluding carboxylic acids is 2. The summed E-state index contributed by atoms with van der Waals surface area (Å²) in [5.41, 5.74) is -0.557. The lowest BCUT2D eigenvalue weighted by molar-refractivity contribution is -0.139. The van der Waals surface area contributed by atoms with E-state index in [2.05, 4.69) is 4.74 Å². The van der Waals surface area contributed by atoms with Gasteiger partial charge >= 0.3 is 11.9 Å². The molecule has 0 fully saturated rings. The van der Waals surface area contributed by atoms with Gasteiger partial charge in [-0.05, 0) is 45.9 Å². The molecule has 0 radical (unpaired) electrons. The smallest absolute Gasteiger partial charge is 0.338 e. The van der Waals surface area contributed by atoms with Crippen LogP contribution < -0.4 is 0 Å². The van der Waals surface area contributed by atoms with E-state index in [9.17, 15) is 18.0 Å². The molecular weight excluding hydrogens is 344 g/mol. The van der Waals surface area contributed by atoms with Crippen molar-refractivity contribution in [3.63, 3.8) is 0 Å². The molecule has 0 aromatic heterocycles. The highest BCUT2D eigenvalue weighted by molar-refractivity contribution is 7.92. The van der Waals surface area contributed by atoms with E-state index < -0.39 is 33.1 Å². The Kier molecular flexibility index (Phi) is 6.18. The number of benzene rings is 1. The highest BCUT2D eigenvalue weighted by Crippen LogP contribution is 2.25. The Bertz CT molecular complexity index is 703. The van der Waals surface area contributed by atoms with Crippen LogP contribution in [0.4, 0.5) is 0 Å². The summed E-state index contributed by atoms with van der Waals surface area (Å²) >= 11 is 5.95. The van der Waals surface area contributed by atoms with Crippen molar-refractivity contribution in [2.24, 2.45) is 0 Å². The molecule has 1 aromatic rings. The highest BCUT2D eigenvalue weighted by atomic mass is 35.5. The van der Waals surface area contributed by atoms with Gasteiger partial charge in [-0.3, -0.25) is 4.79 Å². The minimum atomic E-state index is -3.95. The number of sulfone groups is 1. The van der Waals surface area contributed by atoms with Crippen molar-refractivity contribution in [2.45, 2.75) is 38.2 Å². The summed E-state index contributed by atoms with van der Waals surface area (Å²) in [6, 6.07) is 3.67. The van der Waals surface area contributed by atoms with Crippen LogP contribution in [0.15, 0.2) is 23.1 Å². The maximum absolute atomic E-state index is 12.1. The van der Waals surface area contributed by atoms with Gasteiger partial charge in [0.2, 0.25) is 0 Å². The average molecular weight is 363 g/mol. The molecule has 1 rings (SSSR count). The van der Waals surface area contributed by atoms with Gasteiger partial charge in [0.1, 0.15) is 5.60 Å². The van der Waals surface area contributed by atoms with Crippen LogP contribution in [0, 0.1) is 0 Å². The van der Waals surface area contributed by atoms with Crippen LogP contribution in [0.3, 0.4) is 0 Å². The molecule has 8 heteroatoms.